The zero-order valence-corrected chi connectivity index (χ0v) is 16.5. The second kappa shape index (κ2) is 7.72. The summed E-state index contributed by atoms with van der Waals surface area (Å²) >= 11 is 0. The third-order valence-electron chi connectivity index (χ3n) is 5.77. The van der Waals surface area contributed by atoms with E-state index in [2.05, 4.69) is 5.32 Å². The fraction of sp³-hybridized carbons (Fsp3) is 0.318. The van der Waals surface area contributed by atoms with Crippen molar-refractivity contribution in [3.63, 3.8) is 0 Å². The van der Waals surface area contributed by atoms with E-state index in [0.717, 1.165) is 17.7 Å². The summed E-state index contributed by atoms with van der Waals surface area (Å²) in [6, 6.07) is 12.9. The first-order valence-electron chi connectivity index (χ1n) is 9.84. The molecular formula is C22H20F3N3O3. The lowest BCUT2D eigenvalue weighted by Gasteiger charge is -2.37. The van der Waals surface area contributed by atoms with E-state index in [0.29, 0.717) is 0 Å². The van der Waals surface area contributed by atoms with Gasteiger partial charge in [0.15, 0.2) is 0 Å². The van der Waals surface area contributed by atoms with Gasteiger partial charge in [-0.1, -0.05) is 36.4 Å². The summed E-state index contributed by atoms with van der Waals surface area (Å²) in [5.74, 6) is -0.869. The summed E-state index contributed by atoms with van der Waals surface area (Å²) in [5, 5.41) is 2.77. The molecule has 0 atom stereocenters. The highest BCUT2D eigenvalue weighted by Gasteiger charge is 2.52. The maximum atomic E-state index is 13.0. The monoisotopic (exact) mass is 431 g/mol. The fourth-order valence-corrected chi connectivity index (χ4v) is 4.03. The van der Waals surface area contributed by atoms with Gasteiger partial charge in [0.25, 0.3) is 11.8 Å². The minimum Gasteiger partial charge on any atom is -0.338 e. The lowest BCUT2D eigenvalue weighted by molar-refractivity contribution is -0.137. The van der Waals surface area contributed by atoms with Crippen molar-refractivity contribution < 1.29 is 27.6 Å². The lowest BCUT2D eigenvalue weighted by atomic mass is 9.87. The van der Waals surface area contributed by atoms with E-state index in [-0.39, 0.29) is 43.9 Å². The van der Waals surface area contributed by atoms with Gasteiger partial charge in [-0.15, -0.1) is 0 Å². The van der Waals surface area contributed by atoms with Crippen LogP contribution in [0.1, 0.15) is 34.3 Å². The molecule has 1 N–H and O–H groups in total. The number of hydrogen-bond donors (Lipinski definition) is 1. The molecule has 162 valence electrons. The number of alkyl halides is 3. The summed E-state index contributed by atoms with van der Waals surface area (Å²) in [6.45, 7) is 0.459. The average Bonchev–Trinajstić information content (AvgIpc) is 2.98. The molecule has 2 aliphatic rings. The number of halogens is 3. The molecule has 0 aromatic heterocycles. The van der Waals surface area contributed by atoms with Gasteiger partial charge < -0.3 is 10.2 Å². The molecule has 4 rings (SSSR count). The molecule has 0 radical (unpaired) electrons. The maximum Gasteiger partial charge on any atom is 0.416 e. The Kier molecular flexibility index (Phi) is 5.20. The number of hydrogen-bond acceptors (Lipinski definition) is 3. The molecule has 2 fully saturated rings. The number of nitrogens with zero attached hydrogens (tertiary/aromatic N) is 2. The van der Waals surface area contributed by atoms with E-state index in [1.807, 2.05) is 30.3 Å². The molecule has 6 nitrogen and oxygen atoms in total. The van der Waals surface area contributed by atoms with Crippen molar-refractivity contribution in [2.75, 3.05) is 13.1 Å². The largest absolute Gasteiger partial charge is 0.416 e. The molecule has 2 aromatic rings. The lowest BCUT2D eigenvalue weighted by Crippen LogP contribution is -2.55. The molecular weight excluding hydrogens is 411 g/mol. The van der Waals surface area contributed by atoms with Gasteiger partial charge in [-0.3, -0.25) is 14.5 Å². The van der Waals surface area contributed by atoms with Crippen molar-refractivity contribution in [2.24, 2.45) is 0 Å². The van der Waals surface area contributed by atoms with Gasteiger partial charge in [-0.25, -0.2) is 4.79 Å². The molecule has 4 amide bonds. The van der Waals surface area contributed by atoms with Crippen LogP contribution >= 0.6 is 0 Å². The minimum atomic E-state index is -4.54. The third kappa shape index (κ3) is 3.99. The van der Waals surface area contributed by atoms with Crippen molar-refractivity contribution >= 4 is 17.8 Å². The minimum absolute atomic E-state index is 0.0572. The molecule has 9 heteroatoms. The van der Waals surface area contributed by atoms with Gasteiger partial charge in [0, 0.05) is 18.7 Å². The normalized spacial score (nSPS) is 18.4. The van der Waals surface area contributed by atoms with E-state index in [1.54, 1.807) is 0 Å². The number of piperidine rings is 1. The second-order valence-corrected chi connectivity index (χ2v) is 7.76. The number of likely N-dealkylation sites (tertiary alicyclic amines) is 1. The Morgan fingerprint density at radius 2 is 1.68 bits per heavy atom. The summed E-state index contributed by atoms with van der Waals surface area (Å²) in [5.41, 5.74) is -1.21. The first-order chi connectivity index (χ1) is 14.7. The first-order valence-corrected chi connectivity index (χ1v) is 9.84. The number of imide groups is 1. The van der Waals surface area contributed by atoms with Crippen LogP contribution in [0, 0.1) is 0 Å². The van der Waals surface area contributed by atoms with E-state index >= 15 is 0 Å². The molecule has 2 heterocycles. The van der Waals surface area contributed by atoms with Crippen LogP contribution in [-0.2, 0) is 17.5 Å². The quantitative estimate of drug-likeness (QED) is 0.757. The van der Waals surface area contributed by atoms with Gasteiger partial charge >= 0.3 is 12.2 Å². The Bertz CT molecular complexity index is 1020. The number of urea groups is 1. The predicted molar refractivity (Wildman–Crippen MR) is 105 cm³/mol. The Hall–Kier alpha value is -3.36. The number of amides is 4. The van der Waals surface area contributed by atoms with Crippen molar-refractivity contribution in [2.45, 2.75) is 31.1 Å². The predicted octanol–water partition coefficient (Wildman–Crippen LogP) is 3.43. The van der Waals surface area contributed by atoms with Gasteiger partial charge in [0.1, 0.15) is 5.54 Å². The van der Waals surface area contributed by atoms with E-state index < -0.39 is 29.2 Å². The van der Waals surface area contributed by atoms with E-state index in [1.165, 1.54) is 21.9 Å². The Morgan fingerprint density at radius 3 is 2.32 bits per heavy atom. The van der Waals surface area contributed by atoms with Gasteiger partial charge in [-0.2, -0.15) is 13.2 Å². The highest BCUT2D eigenvalue weighted by Crippen LogP contribution is 2.32. The van der Waals surface area contributed by atoms with Crippen molar-refractivity contribution in [3.05, 3.63) is 71.3 Å². The molecule has 0 unspecified atom stereocenters. The van der Waals surface area contributed by atoms with Crippen molar-refractivity contribution in [1.82, 2.24) is 15.1 Å². The summed E-state index contributed by atoms with van der Waals surface area (Å²) in [6.07, 6.45) is -4.13. The summed E-state index contributed by atoms with van der Waals surface area (Å²) in [7, 11) is 0. The molecule has 0 aliphatic carbocycles. The molecule has 2 aromatic carbocycles. The third-order valence-corrected chi connectivity index (χ3v) is 5.77. The van der Waals surface area contributed by atoms with Crippen LogP contribution in [0.4, 0.5) is 18.0 Å². The van der Waals surface area contributed by atoms with Crippen molar-refractivity contribution in [1.29, 1.82) is 0 Å². The number of benzene rings is 2. The van der Waals surface area contributed by atoms with Crippen LogP contribution in [0.3, 0.4) is 0 Å². The molecule has 2 saturated heterocycles. The number of carbonyl (C=O) groups excluding carboxylic acids is 3. The smallest absolute Gasteiger partial charge is 0.338 e. The highest BCUT2D eigenvalue weighted by atomic mass is 19.4. The Labute approximate surface area is 176 Å². The summed E-state index contributed by atoms with van der Waals surface area (Å²) < 4.78 is 38.8. The van der Waals surface area contributed by atoms with Gasteiger partial charge in [0.05, 0.1) is 12.1 Å². The van der Waals surface area contributed by atoms with Crippen LogP contribution in [0.15, 0.2) is 54.6 Å². The van der Waals surface area contributed by atoms with Crippen molar-refractivity contribution in [3.8, 4) is 0 Å². The van der Waals surface area contributed by atoms with Gasteiger partial charge in [0.2, 0.25) is 0 Å². The fourth-order valence-electron chi connectivity index (χ4n) is 4.03. The SMILES string of the molecule is O=C(c1cccc(C(F)(F)F)c1)N1CCC2(CC1)NC(=O)N(Cc1ccccc1)C2=O. The zero-order chi connectivity index (χ0) is 22.2. The van der Waals surface area contributed by atoms with Crippen LogP contribution in [-0.4, -0.2) is 46.3 Å². The standard InChI is InChI=1S/C22H20F3N3O3/c23-22(24,25)17-8-4-7-16(13-17)18(29)27-11-9-21(10-12-27)19(30)28(20(31)26-21)14-15-5-2-1-3-6-15/h1-8,13H,9-12,14H2,(H,26,31). The Balaban J connectivity index is 1.44. The molecule has 0 saturated carbocycles. The highest BCUT2D eigenvalue weighted by molar-refractivity contribution is 6.07. The number of nitrogens with one attached hydrogen (secondary N) is 1. The molecule has 1 spiro atoms. The second-order valence-electron chi connectivity index (χ2n) is 7.76. The Morgan fingerprint density at radius 1 is 1.00 bits per heavy atom. The van der Waals surface area contributed by atoms with Gasteiger partial charge in [-0.05, 0) is 36.6 Å². The molecule has 2 aliphatic heterocycles. The average molecular weight is 431 g/mol. The number of carbonyl (C=O) groups is 3. The first kappa shape index (κ1) is 20.9. The van der Waals surface area contributed by atoms with Crippen LogP contribution < -0.4 is 5.32 Å². The maximum absolute atomic E-state index is 13.0. The van der Waals surface area contributed by atoms with Crippen LogP contribution in [0.25, 0.3) is 0 Å². The van der Waals surface area contributed by atoms with E-state index in [9.17, 15) is 27.6 Å². The zero-order valence-electron chi connectivity index (χ0n) is 16.5. The number of rotatable bonds is 3. The van der Waals surface area contributed by atoms with Crippen LogP contribution in [0.5, 0.6) is 0 Å². The molecule has 31 heavy (non-hydrogen) atoms. The van der Waals surface area contributed by atoms with Crippen LogP contribution in [0.2, 0.25) is 0 Å². The summed E-state index contributed by atoms with van der Waals surface area (Å²) in [4.78, 5) is 40.7. The topological polar surface area (TPSA) is 69.7 Å². The van der Waals surface area contributed by atoms with E-state index in [4.69, 9.17) is 0 Å². The molecule has 0 bridgehead atoms.